The molecule has 140 valence electrons. The summed E-state index contributed by atoms with van der Waals surface area (Å²) in [6.07, 6.45) is -0.302. The van der Waals surface area contributed by atoms with Gasteiger partial charge in [-0.25, -0.2) is 9.79 Å². The molecule has 2 aromatic carbocycles. The number of nitrogens with one attached hydrogen (secondary N) is 2. The lowest BCUT2D eigenvalue weighted by atomic mass is 10.00. The molecule has 1 atom stereocenters. The van der Waals surface area contributed by atoms with Gasteiger partial charge in [0.1, 0.15) is 12.3 Å². The first-order valence-corrected chi connectivity index (χ1v) is 8.44. The number of rotatable bonds is 4. The van der Waals surface area contributed by atoms with Gasteiger partial charge in [-0.3, -0.25) is 4.79 Å². The van der Waals surface area contributed by atoms with E-state index in [0.29, 0.717) is 11.5 Å². The minimum Gasteiger partial charge on any atom is -0.469 e. The Morgan fingerprint density at radius 3 is 2.44 bits per heavy atom. The first-order valence-electron chi connectivity index (χ1n) is 8.44. The van der Waals surface area contributed by atoms with E-state index >= 15 is 0 Å². The van der Waals surface area contributed by atoms with Gasteiger partial charge in [-0.15, -0.1) is 0 Å². The summed E-state index contributed by atoms with van der Waals surface area (Å²) in [5.41, 5.74) is 1.78. The number of methoxy groups -OCH3 is 2. The minimum absolute atomic E-state index is 0.302. The van der Waals surface area contributed by atoms with Crippen LogP contribution in [-0.2, 0) is 19.1 Å². The molecule has 1 aliphatic heterocycles. The molecule has 0 aromatic heterocycles. The van der Waals surface area contributed by atoms with Crippen molar-refractivity contribution in [3.8, 4) is 0 Å². The maximum absolute atomic E-state index is 12.6. The normalized spacial score (nSPS) is 17.8. The number of fused-ring (bicyclic) bond motifs is 1. The lowest BCUT2D eigenvalue weighted by Crippen LogP contribution is -2.51. The quantitative estimate of drug-likeness (QED) is 0.808. The summed E-state index contributed by atoms with van der Waals surface area (Å²) in [7, 11) is 2.52. The van der Waals surface area contributed by atoms with Crippen LogP contribution in [0, 0.1) is 6.92 Å². The number of ether oxygens (including phenoxy) is 2. The lowest BCUT2D eigenvalue weighted by Gasteiger charge is -2.34. The summed E-state index contributed by atoms with van der Waals surface area (Å²) >= 11 is 0. The molecule has 1 unspecified atom stereocenters. The van der Waals surface area contributed by atoms with Crippen molar-refractivity contribution in [1.82, 2.24) is 0 Å². The fourth-order valence-corrected chi connectivity index (χ4v) is 2.87. The van der Waals surface area contributed by atoms with Crippen LogP contribution in [0.1, 0.15) is 17.5 Å². The predicted octanol–water partition coefficient (Wildman–Crippen LogP) is 2.71. The molecule has 1 heterocycles. The molecule has 7 nitrogen and oxygen atoms in total. The topological polar surface area (TPSA) is 89.0 Å². The van der Waals surface area contributed by atoms with E-state index in [-0.39, 0.29) is 6.42 Å². The number of hydrogen-bond donors (Lipinski definition) is 2. The number of nitrogens with zero attached hydrogens (tertiary/aromatic N) is 1. The first kappa shape index (κ1) is 18.4. The van der Waals surface area contributed by atoms with E-state index in [1.807, 2.05) is 55.5 Å². The molecule has 0 fully saturated rings. The van der Waals surface area contributed by atoms with Crippen LogP contribution in [0.3, 0.4) is 0 Å². The predicted molar refractivity (Wildman–Crippen MR) is 103 cm³/mol. The van der Waals surface area contributed by atoms with Crippen molar-refractivity contribution in [2.45, 2.75) is 19.0 Å². The summed E-state index contributed by atoms with van der Waals surface area (Å²) < 4.78 is 9.67. The highest BCUT2D eigenvalue weighted by atomic mass is 16.5. The van der Waals surface area contributed by atoms with Gasteiger partial charge in [0.2, 0.25) is 5.66 Å². The Hall–Kier alpha value is -3.35. The molecule has 27 heavy (non-hydrogen) atoms. The van der Waals surface area contributed by atoms with E-state index in [2.05, 4.69) is 15.6 Å². The van der Waals surface area contributed by atoms with Crippen molar-refractivity contribution in [2.75, 3.05) is 24.9 Å². The van der Waals surface area contributed by atoms with Crippen LogP contribution in [0.4, 0.5) is 11.4 Å². The van der Waals surface area contributed by atoms with E-state index in [1.54, 1.807) is 0 Å². The van der Waals surface area contributed by atoms with Gasteiger partial charge in [0.15, 0.2) is 0 Å². The van der Waals surface area contributed by atoms with Crippen molar-refractivity contribution in [3.05, 3.63) is 59.7 Å². The van der Waals surface area contributed by atoms with Gasteiger partial charge in [0, 0.05) is 16.9 Å². The monoisotopic (exact) mass is 367 g/mol. The van der Waals surface area contributed by atoms with E-state index in [4.69, 9.17) is 9.47 Å². The molecule has 7 heteroatoms. The highest BCUT2D eigenvalue weighted by molar-refractivity contribution is 6.15. The van der Waals surface area contributed by atoms with Gasteiger partial charge in [0.25, 0.3) is 0 Å². The largest absolute Gasteiger partial charge is 0.469 e. The van der Waals surface area contributed by atoms with Gasteiger partial charge in [-0.2, -0.15) is 0 Å². The molecular weight excluding hydrogens is 346 g/mol. The molecule has 0 amide bonds. The number of esters is 2. The van der Waals surface area contributed by atoms with Crippen molar-refractivity contribution in [1.29, 1.82) is 0 Å². The third-order valence-electron chi connectivity index (χ3n) is 4.29. The summed E-state index contributed by atoms with van der Waals surface area (Å²) in [6, 6.07) is 15.2. The third kappa shape index (κ3) is 3.76. The zero-order valence-corrected chi connectivity index (χ0v) is 15.4. The third-order valence-corrected chi connectivity index (χ3v) is 4.29. The van der Waals surface area contributed by atoms with Gasteiger partial charge in [-0.1, -0.05) is 29.8 Å². The number of aliphatic imine (C=N–C) groups is 1. The van der Waals surface area contributed by atoms with Crippen LogP contribution in [0.5, 0.6) is 0 Å². The molecule has 3 rings (SSSR count). The average Bonchev–Trinajstić information content (AvgIpc) is 2.69. The van der Waals surface area contributed by atoms with E-state index < -0.39 is 17.6 Å². The van der Waals surface area contributed by atoms with Crippen LogP contribution >= 0.6 is 0 Å². The first-order chi connectivity index (χ1) is 13.0. The number of para-hydroxylation sites is 1. The number of hydrogen-bond acceptors (Lipinski definition) is 7. The van der Waals surface area contributed by atoms with E-state index in [0.717, 1.165) is 16.8 Å². The van der Waals surface area contributed by atoms with Crippen molar-refractivity contribution in [3.63, 3.8) is 0 Å². The molecule has 0 aliphatic carbocycles. The van der Waals surface area contributed by atoms with Crippen molar-refractivity contribution >= 4 is 29.1 Å². The van der Waals surface area contributed by atoms with Gasteiger partial charge in [0.05, 0.1) is 14.2 Å². The number of amidine groups is 1. The fraction of sp³-hybridized carbons (Fsp3) is 0.250. The molecule has 0 spiro atoms. The molecular formula is C20H21N3O4. The molecule has 1 aliphatic rings. The maximum Gasteiger partial charge on any atom is 0.355 e. The molecule has 0 bridgehead atoms. The highest BCUT2D eigenvalue weighted by Crippen LogP contribution is 2.32. The Morgan fingerprint density at radius 1 is 1.07 bits per heavy atom. The standard InChI is InChI=1S/C20H21N3O4/c1-13-8-10-14(11-9-13)21-18-15-6-4-5-7-16(15)22-20(23-18,19(25)27-3)12-17(24)26-2/h4-11,22H,12H2,1-3H3,(H,21,23). The zero-order valence-electron chi connectivity index (χ0n) is 15.4. The lowest BCUT2D eigenvalue weighted by molar-refractivity contribution is -0.152. The van der Waals surface area contributed by atoms with Gasteiger partial charge in [-0.05, 0) is 31.2 Å². The summed E-state index contributed by atoms with van der Waals surface area (Å²) in [5.74, 6) is -0.793. The molecule has 2 aromatic rings. The summed E-state index contributed by atoms with van der Waals surface area (Å²) in [4.78, 5) is 29.1. The van der Waals surface area contributed by atoms with E-state index in [9.17, 15) is 9.59 Å². The molecule has 0 saturated carbocycles. The van der Waals surface area contributed by atoms with Gasteiger partial charge < -0.3 is 20.1 Å². The highest BCUT2D eigenvalue weighted by Gasteiger charge is 2.45. The maximum atomic E-state index is 12.6. The van der Waals surface area contributed by atoms with Crippen LogP contribution in [-0.4, -0.2) is 37.7 Å². The number of carbonyl (C=O) groups is 2. The van der Waals surface area contributed by atoms with Crippen LogP contribution < -0.4 is 10.6 Å². The smallest absolute Gasteiger partial charge is 0.355 e. The molecule has 2 N–H and O–H groups in total. The van der Waals surface area contributed by atoms with Crippen LogP contribution in [0.2, 0.25) is 0 Å². The number of carbonyl (C=O) groups excluding carboxylic acids is 2. The number of benzene rings is 2. The Kier molecular flexibility index (Phi) is 5.12. The van der Waals surface area contributed by atoms with Crippen molar-refractivity contribution in [2.24, 2.45) is 4.99 Å². The van der Waals surface area contributed by atoms with Crippen molar-refractivity contribution < 1.29 is 19.1 Å². The molecule has 0 saturated heterocycles. The Bertz CT molecular complexity index is 892. The Balaban J connectivity index is 2.08. The number of anilines is 2. The second-order valence-corrected chi connectivity index (χ2v) is 6.23. The SMILES string of the molecule is COC(=O)CC1(C(=O)OC)N=C(Nc2ccc(C)cc2)c2ccccc2N1. The summed E-state index contributed by atoms with van der Waals surface area (Å²) in [6.45, 7) is 2.00. The second-order valence-electron chi connectivity index (χ2n) is 6.23. The second kappa shape index (κ2) is 7.49. The van der Waals surface area contributed by atoms with Gasteiger partial charge >= 0.3 is 11.9 Å². The molecule has 0 radical (unpaired) electrons. The average molecular weight is 367 g/mol. The minimum atomic E-state index is -1.61. The fourth-order valence-electron chi connectivity index (χ4n) is 2.87. The Labute approximate surface area is 157 Å². The zero-order chi connectivity index (χ0) is 19.4. The number of aryl methyl sites for hydroxylation is 1. The van der Waals surface area contributed by atoms with E-state index in [1.165, 1.54) is 14.2 Å². The van der Waals surface area contributed by atoms with Crippen LogP contribution in [0.25, 0.3) is 0 Å². The Morgan fingerprint density at radius 2 is 1.78 bits per heavy atom. The van der Waals surface area contributed by atoms with Crippen LogP contribution in [0.15, 0.2) is 53.5 Å². The summed E-state index contributed by atoms with van der Waals surface area (Å²) in [5, 5.41) is 6.29.